The summed E-state index contributed by atoms with van der Waals surface area (Å²) in [7, 11) is 0. The highest BCUT2D eigenvalue weighted by Crippen LogP contribution is 2.40. The number of aromatic hydroxyl groups is 1. The number of hydrogen-bond acceptors (Lipinski definition) is 3. The molecule has 4 N–H and O–H groups in total. The normalized spacial score (nSPS) is 13.6. The van der Waals surface area contributed by atoms with Crippen molar-refractivity contribution in [3.8, 4) is 5.75 Å². The Morgan fingerprint density at radius 3 is 1.73 bits per heavy atom. The second-order valence-electron chi connectivity index (χ2n) is 7.94. The molecule has 0 amide bonds. The van der Waals surface area contributed by atoms with Gasteiger partial charge in [-0.2, -0.15) is 0 Å². The number of aliphatic hydroxyl groups is 1. The van der Waals surface area contributed by atoms with E-state index in [1.807, 2.05) is 12.1 Å². The minimum Gasteiger partial charge on any atom is -0.507 e. The molecule has 1 aromatic carbocycles. The van der Waals surface area contributed by atoms with Gasteiger partial charge in [0.05, 0.1) is 0 Å². The van der Waals surface area contributed by atoms with Gasteiger partial charge < -0.3 is 15.9 Å². The van der Waals surface area contributed by atoms with E-state index in [0.717, 1.165) is 23.1 Å². The van der Waals surface area contributed by atoms with Gasteiger partial charge in [-0.05, 0) is 40.4 Å². The number of rotatable bonds is 4. The van der Waals surface area contributed by atoms with E-state index >= 15 is 0 Å². The van der Waals surface area contributed by atoms with Crippen molar-refractivity contribution in [1.82, 2.24) is 0 Å². The first-order chi connectivity index (χ1) is 9.48. The van der Waals surface area contributed by atoms with E-state index in [1.54, 1.807) is 0 Å². The largest absolute Gasteiger partial charge is 0.507 e. The fourth-order valence-corrected chi connectivity index (χ4v) is 2.49. The van der Waals surface area contributed by atoms with E-state index < -0.39 is 0 Å². The highest BCUT2D eigenvalue weighted by Gasteiger charge is 2.27. The van der Waals surface area contributed by atoms with Crippen LogP contribution in [0.1, 0.15) is 77.1 Å². The van der Waals surface area contributed by atoms with Crippen LogP contribution in [-0.2, 0) is 10.8 Å². The zero-order valence-corrected chi connectivity index (χ0v) is 15.5. The van der Waals surface area contributed by atoms with Gasteiger partial charge in [0.15, 0.2) is 0 Å². The lowest BCUT2D eigenvalue weighted by Crippen LogP contribution is -2.20. The molecule has 0 saturated carbocycles. The number of phenolic OH excluding ortho intramolecular Hbond substituents is 1. The molecule has 0 aliphatic carbocycles. The molecule has 128 valence electrons. The Kier molecular flexibility index (Phi) is 7.40. The molecule has 0 aliphatic heterocycles. The van der Waals surface area contributed by atoms with Crippen LogP contribution in [0.25, 0.3) is 0 Å². The molecule has 3 nitrogen and oxygen atoms in total. The highest BCUT2D eigenvalue weighted by atomic mass is 35.5. The third-order valence-electron chi connectivity index (χ3n) is 3.85. The van der Waals surface area contributed by atoms with Crippen molar-refractivity contribution in [1.29, 1.82) is 0 Å². The molecule has 1 atom stereocenters. The Bertz CT molecular complexity index is 452. The van der Waals surface area contributed by atoms with Crippen LogP contribution in [0.3, 0.4) is 0 Å². The number of nitrogens with two attached hydrogens (primary N) is 1. The molecule has 0 radical (unpaired) electrons. The zero-order chi connectivity index (χ0) is 16.4. The van der Waals surface area contributed by atoms with Gasteiger partial charge >= 0.3 is 0 Å². The van der Waals surface area contributed by atoms with Crippen LogP contribution < -0.4 is 5.73 Å². The van der Waals surface area contributed by atoms with Crippen LogP contribution in [0, 0.1) is 0 Å². The first-order valence-corrected chi connectivity index (χ1v) is 7.72. The van der Waals surface area contributed by atoms with E-state index in [0.29, 0.717) is 12.2 Å². The molecule has 0 fully saturated rings. The van der Waals surface area contributed by atoms with Crippen molar-refractivity contribution in [2.24, 2.45) is 5.73 Å². The maximum absolute atomic E-state index is 10.7. The summed E-state index contributed by atoms with van der Waals surface area (Å²) in [6.45, 7) is 12.7. The average molecular weight is 330 g/mol. The van der Waals surface area contributed by atoms with Crippen molar-refractivity contribution in [2.45, 2.75) is 71.3 Å². The summed E-state index contributed by atoms with van der Waals surface area (Å²) in [6.07, 6.45) is 1.44. The Balaban J connectivity index is 0.00000441. The predicted molar refractivity (Wildman–Crippen MR) is 96.0 cm³/mol. The number of benzene rings is 1. The molecule has 0 heterocycles. The van der Waals surface area contributed by atoms with E-state index in [1.165, 1.54) is 0 Å². The Morgan fingerprint density at radius 2 is 1.41 bits per heavy atom. The summed E-state index contributed by atoms with van der Waals surface area (Å²) < 4.78 is 0. The predicted octanol–water partition coefficient (Wildman–Crippen LogP) is 4.18. The second-order valence-corrected chi connectivity index (χ2v) is 7.94. The Labute approximate surface area is 141 Å². The molecule has 4 heteroatoms. The molecular formula is C18H32ClNO2. The fraction of sp³-hybridized carbons (Fsp3) is 0.667. The summed E-state index contributed by atoms with van der Waals surface area (Å²) in [5.41, 5.74) is 8.89. The monoisotopic (exact) mass is 329 g/mol. The molecule has 0 spiro atoms. The van der Waals surface area contributed by atoms with Crippen LogP contribution >= 0.6 is 12.4 Å². The Hall–Kier alpha value is -0.770. The lowest BCUT2D eigenvalue weighted by Gasteiger charge is -2.29. The van der Waals surface area contributed by atoms with E-state index in [2.05, 4.69) is 41.5 Å². The van der Waals surface area contributed by atoms with Gasteiger partial charge in [0.2, 0.25) is 0 Å². The third-order valence-corrected chi connectivity index (χ3v) is 3.85. The molecule has 0 aliphatic rings. The number of halogens is 1. The standard InChI is InChI=1S/C18H31NO2.ClH/c1-17(2,3)13-10-12(15(19)8-7-9-20)11-14(16(13)21)18(4,5)6;/h10-11,15,20-21H,7-9,19H2,1-6H3;1H/t15-;/m0./s1. The molecular weight excluding hydrogens is 298 g/mol. The van der Waals surface area contributed by atoms with E-state index in [4.69, 9.17) is 10.8 Å². The summed E-state index contributed by atoms with van der Waals surface area (Å²) in [4.78, 5) is 0. The number of aliphatic hydroxyl groups excluding tert-OH is 1. The van der Waals surface area contributed by atoms with Gasteiger partial charge in [-0.1, -0.05) is 53.7 Å². The van der Waals surface area contributed by atoms with Crippen LogP contribution in [0.5, 0.6) is 5.75 Å². The van der Waals surface area contributed by atoms with Gasteiger partial charge in [-0.25, -0.2) is 0 Å². The van der Waals surface area contributed by atoms with Gasteiger partial charge in [-0.15, -0.1) is 12.4 Å². The molecule has 0 bridgehead atoms. The van der Waals surface area contributed by atoms with Crippen LogP contribution in [0.15, 0.2) is 12.1 Å². The van der Waals surface area contributed by atoms with Gasteiger partial charge in [0.25, 0.3) is 0 Å². The highest BCUT2D eigenvalue weighted by molar-refractivity contribution is 5.85. The van der Waals surface area contributed by atoms with Gasteiger partial charge in [-0.3, -0.25) is 0 Å². The first-order valence-electron chi connectivity index (χ1n) is 7.72. The van der Waals surface area contributed by atoms with Crippen molar-refractivity contribution in [3.05, 3.63) is 28.8 Å². The third kappa shape index (κ3) is 5.15. The van der Waals surface area contributed by atoms with Crippen molar-refractivity contribution < 1.29 is 10.2 Å². The number of hydrogen-bond donors (Lipinski definition) is 3. The van der Waals surface area contributed by atoms with Crippen molar-refractivity contribution in [3.63, 3.8) is 0 Å². The van der Waals surface area contributed by atoms with Crippen LogP contribution in [-0.4, -0.2) is 16.8 Å². The zero-order valence-electron chi connectivity index (χ0n) is 14.7. The van der Waals surface area contributed by atoms with Crippen molar-refractivity contribution in [2.75, 3.05) is 6.61 Å². The average Bonchev–Trinajstić information content (AvgIpc) is 2.33. The first kappa shape index (κ1) is 21.2. The minimum atomic E-state index is -0.142. The lowest BCUT2D eigenvalue weighted by molar-refractivity contribution is 0.280. The lowest BCUT2D eigenvalue weighted by atomic mass is 9.77. The molecule has 22 heavy (non-hydrogen) atoms. The molecule has 0 unspecified atom stereocenters. The fourth-order valence-electron chi connectivity index (χ4n) is 2.49. The summed E-state index contributed by atoms with van der Waals surface area (Å²) in [5.74, 6) is 0.383. The van der Waals surface area contributed by atoms with Crippen LogP contribution in [0.2, 0.25) is 0 Å². The Morgan fingerprint density at radius 1 is 1.00 bits per heavy atom. The summed E-state index contributed by atoms with van der Waals surface area (Å²) >= 11 is 0. The van der Waals surface area contributed by atoms with Crippen molar-refractivity contribution >= 4 is 12.4 Å². The molecule has 0 aromatic heterocycles. The summed E-state index contributed by atoms with van der Waals surface area (Å²) in [5, 5.41) is 19.6. The quantitative estimate of drug-likeness (QED) is 0.776. The molecule has 1 rings (SSSR count). The van der Waals surface area contributed by atoms with Gasteiger partial charge in [0.1, 0.15) is 5.75 Å². The maximum atomic E-state index is 10.7. The van der Waals surface area contributed by atoms with Crippen LogP contribution in [0.4, 0.5) is 0 Å². The molecule has 1 aromatic rings. The maximum Gasteiger partial charge on any atom is 0.123 e. The van der Waals surface area contributed by atoms with Gasteiger partial charge in [0, 0.05) is 12.6 Å². The minimum absolute atomic E-state index is 0. The smallest absolute Gasteiger partial charge is 0.123 e. The van der Waals surface area contributed by atoms with E-state index in [-0.39, 0.29) is 35.9 Å². The summed E-state index contributed by atoms with van der Waals surface area (Å²) in [6, 6.07) is 3.93. The van der Waals surface area contributed by atoms with E-state index in [9.17, 15) is 5.11 Å². The second kappa shape index (κ2) is 7.67. The SMILES string of the molecule is CC(C)(C)c1cc([C@@H](N)CCCO)cc(C(C)(C)C)c1O.Cl. The number of phenols is 1. The molecule has 0 saturated heterocycles. The topological polar surface area (TPSA) is 66.5 Å².